The largest absolute Gasteiger partial charge is 0.488 e. The summed E-state index contributed by atoms with van der Waals surface area (Å²) >= 11 is 12.0. The Morgan fingerprint density at radius 2 is 1.70 bits per heavy atom. The predicted octanol–water partition coefficient (Wildman–Crippen LogP) is 4.68. The molecule has 0 aliphatic carbocycles. The van der Waals surface area contributed by atoms with E-state index in [9.17, 15) is 5.11 Å². The topological polar surface area (TPSA) is 29.5 Å². The van der Waals surface area contributed by atoms with Crippen LogP contribution in [0.4, 0.5) is 0 Å². The number of aliphatic hydroxyl groups excluding tert-OH is 1. The number of aliphatic hydroxyl groups is 1. The minimum Gasteiger partial charge on any atom is -0.488 e. The summed E-state index contributed by atoms with van der Waals surface area (Å²) in [5, 5.41) is 10.4. The van der Waals surface area contributed by atoms with Crippen LogP contribution in [0, 0.1) is 13.8 Å². The van der Waals surface area contributed by atoms with Gasteiger partial charge in [-0.25, -0.2) is 0 Å². The van der Waals surface area contributed by atoms with Gasteiger partial charge in [0, 0.05) is 15.6 Å². The fourth-order valence-electron chi connectivity index (χ4n) is 2.15. The van der Waals surface area contributed by atoms with E-state index in [1.54, 1.807) is 12.1 Å². The Morgan fingerprint density at radius 1 is 1.05 bits per heavy atom. The van der Waals surface area contributed by atoms with E-state index in [0.29, 0.717) is 16.7 Å². The number of halogens is 2. The number of hydrogen-bond acceptors (Lipinski definition) is 2. The van der Waals surface area contributed by atoms with Gasteiger partial charge in [0.1, 0.15) is 12.4 Å². The van der Waals surface area contributed by atoms with Gasteiger partial charge in [0.15, 0.2) is 0 Å². The molecule has 20 heavy (non-hydrogen) atoms. The van der Waals surface area contributed by atoms with Crippen LogP contribution in [0.2, 0.25) is 10.0 Å². The lowest BCUT2D eigenvalue weighted by Crippen LogP contribution is -2.01. The summed E-state index contributed by atoms with van der Waals surface area (Å²) in [5.41, 5.74) is 3.77. The Balaban J connectivity index is 2.19. The van der Waals surface area contributed by atoms with E-state index in [1.165, 1.54) is 0 Å². The minimum atomic E-state index is 0.0327. The molecule has 0 radical (unpaired) electrons. The molecular weight excluding hydrogens is 295 g/mol. The first-order valence-electron chi connectivity index (χ1n) is 6.29. The summed E-state index contributed by atoms with van der Waals surface area (Å²) in [7, 11) is 0. The molecule has 0 saturated heterocycles. The van der Waals surface area contributed by atoms with E-state index >= 15 is 0 Å². The molecule has 0 amide bonds. The van der Waals surface area contributed by atoms with Crippen molar-refractivity contribution < 1.29 is 9.84 Å². The number of ether oxygens (including phenoxy) is 1. The predicted molar refractivity (Wildman–Crippen MR) is 82.6 cm³/mol. The highest BCUT2D eigenvalue weighted by Crippen LogP contribution is 2.27. The number of benzene rings is 2. The van der Waals surface area contributed by atoms with Crippen LogP contribution in [0.1, 0.15) is 22.3 Å². The van der Waals surface area contributed by atoms with Gasteiger partial charge in [0.25, 0.3) is 0 Å². The SMILES string of the molecule is Cc1cc(CO)cc(C)c1OCc1ccc(Cl)cc1Cl. The maximum Gasteiger partial charge on any atom is 0.125 e. The van der Waals surface area contributed by atoms with Gasteiger partial charge < -0.3 is 9.84 Å². The number of hydrogen-bond donors (Lipinski definition) is 1. The van der Waals surface area contributed by atoms with Crippen LogP contribution in [-0.2, 0) is 13.2 Å². The van der Waals surface area contributed by atoms with Gasteiger partial charge in [-0.1, -0.05) is 41.4 Å². The van der Waals surface area contributed by atoms with Gasteiger partial charge in [0.05, 0.1) is 6.61 Å². The van der Waals surface area contributed by atoms with Crippen molar-refractivity contribution in [3.8, 4) is 5.75 Å². The number of rotatable bonds is 4. The fourth-order valence-corrected chi connectivity index (χ4v) is 2.61. The second-order valence-electron chi connectivity index (χ2n) is 4.74. The third kappa shape index (κ3) is 3.45. The summed E-state index contributed by atoms with van der Waals surface area (Å²) < 4.78 is 5.86. The van der Waals surface area contributed by atoms with Gasteiger partial charge in [0.2, 0.25) is 0 Å². The highest BCUT2D eigenvalue weighted by Gasteiger charge is 2.08. The molecule has 0 heterocycles. The molecule has 0 fully saturated rings. The summed E-state index contributed by atoms with van der Waals surface area (Å²) in [5.74, 6) is 0.827. The van der Waals surface area contributed by atoms with E-state index < -0.39 is 0 Å². The maximum absolute atomic E-state index is 9.18. The zero-order valence-corrected chi connectivity index (χ0v) is 12.9. The van der Waals surface area contributed by atoms with Crippen molar-refractivity contribution in [3.63, 3.8) is 0 Å². The molecule has 2 rings (SSSR count). The smallest absolute Gasteiger partial charge is 0.125 e. The summed E-state index contributed by atoms with van der Waals surface area (Å²) in [6.07, 6.45) is 0. The van der Waals surface area contributed by atoms with Gasteiger partial charge in [-0.05, 0) is 42.7 Å². The van der Waals surface area contributed by atoms with Crippen LogP contribution in [-0.4, -0.2) is 5.11 Å². The Labute approximate surface area is 128 Å². The Morgan fingerprint density at radius 3 is 2.25 bits per heavy atom. The molecule has 0 bridgehead atoms. The van der Waals surface area contributed by atoms with Crippen molar-refractivity contribution in [2.75, 3.05) is 0 Å². The normalized spacial score (nSPS) is 10.7. The standard InChI is InChI=1S/C16H16Cl2O2/c1-10-5-12(8-19)6-11(2)16(10)20-9-13-3-4-14(17)7-15(13)18/h3-7,19H,8-9H2,1-2H3. The molecule has 2 aromatic carbocycles. The van der Waals surface area contributed by atoms with Gasteiger partial charge in [-0.15, -0.1) is 0 Å². The van der Waals surface area contributed by atoms with Crippen LogP contribution in [0.5, 0.6) is 5.75 Å². The number of aryl methyl sites for hydroxylation is 2. The van der Waals surface area contributed by atoms with Crippen LogP contribution in [0.15, 0.2) is 30.3 Å². The van der Waals surface area contributed by atoms with Crippen LogP contribution >= 0.6 is 23.2 Å². The van der Waals surface area contributed by atoms with E-state index in [-0.39, 0.29) is 6.61 Å². The van der Waals surface area contributed by atoms with Crippen LogP contribution < -0.4 is 4.74 Å². The molecule has 106 valence electrons. The summed E-state index contributed by atoms with van der Waals surface area (Å²) in [6, 6.07) is 9.20. The lowest BCUT2D eigenvalue weighted by Gasteiger charge is -2.14. The monoisotopic (exact) mass is 310 g/mol. The molecule has 0 spiro atoms. The van der Waals surface area contributed by atoms with Crippen molar-refractivity contribution in [2.24, 2.45) is 0 Å². The highest BCUT2D eigenvalue weighted by molar-refractivity contribution is 6.35. The van der Waals surface area contributed by atoms with E-state index in [0.717, 1.165) is 28.0 Å². The minimum absolute atomic E-state index is 0.0327. The van der Waals surface area contributed by atoms with Gasteiger partial charge in [-0.3, -0.25) is 0 Å². The first-order chi connectivity index (χ1) is 9.51. The molecule has 0 aliphatic heterocycles. The third-order valence-corrected chi connectivity index (χ3v) is 3.68. The maximum atomic E-state index is 9.18. The molecule has 0 aromatic heterocycles. The molecule has 0 atom stereocenters. The molecule has 0 unspecified atom stereocenters. The van der Waals surface area contributed by atoms with Crippen molar-refractivity contribution in [1.82, 2.24) is 0 Å². The Kier molecular flexibility index (Phi) is 4.92. The average Bonchev–Trinajstić information content (AvgIpc) is 2.39. The molecule has 2 aromatic rings. The van der Waals surface area contributed by atoms with Crippen molar-refractivity contribution >= 4 is 23.2 Å². The zero-order valence-electron chi connectivity index (χ0n) is 11.4. The van der Waals surface area contributed by atoms with E-state index in [4.69, 9.17) is 27.9 Å². The summed E-state index contributed by atoms with van der Waals surface area (Å²) in [6.45, 7) is 4.34. The van der Waals surface area contributed by atoms with Gasteiger partial charge in [-0.2, -0.15) is 0 Å². The average molecular weight is 311 g/mol. The quantitative estimate of drug-likeness (QED) is 0.888. The van der Waals surface area contributed by atoms with E-state index in [1.807, 2.05) is 32.0 Å². The zero-order chi connectivity index (χ0) is 14.7. The van der Waals surface area contributed by atoms with Crippen molar-refractivity contribution in [1.29, 1.82) is 0 Å². The highest BCUT2D eigenvalue weighted by atomic mass is 35.5. The van der Waals surface area contributed by atoms with Crippen molar-refractivity contribution in [3.05, 3.63) is 62.6 Å². The van der Waals surface area contributed by atoms with E-state index in [2.05, 4.69) is 0 Å². The molecule has 4 heteroatoms. The van der Waals surface area contributed by atoms with Crippen LogP contribution in [0.3, 0.4) is 0 Å². The second-order valence-corrected chi connectivity index (χ2v) is 5.58. The van der Waals surface area contributed by atoms with Gasteiger partial charge >= 0.3 is 0 Å². The Bertz CT molecular complexity index is 601. The summed E-state index contributed by atoms with van der Waals surface area (Å²) in [4.78, 5) is 0. The lowest BCUT2D eigenvalue weighted by molar-refractivity contribution is 0.280. The second kappa shape index (κ2) is 6.49. The fraction of sp³-hybridized carbons (Fsp3) is 0.250. The lowest BCUT2D eigenvalue weighted by atomic mass is 10.1. The molecular formula is C16H16Cl2O2. The first kappa shape index (κ1) is 15.2. The third-order valence-electron chi connectivity index (χ3n) is 3.09. The van der Waals surface area contributed by atoms with Crippen molar-refractivity contribution in [2.45, 2.75) is 27.1 Å². The Hall–Kier alpha value is -1.22. The molecule has 0 saturated carbocycles. The molecule has 0 aliphatic rings. The first-order valence-corrected chi connectivity index (χ1v) is 7.04. The molecule has 1 N–H and O–H groups in total. The van der Waals surface area contributed by atoms with Crippen LogP contribution in [0.25, 0.3) is 0 Å². The molecule has 2 nitrogen and oxygen atoms in total.